The predicted octanol–water partition coefficient (Wildman–Crippen LogP) is 3.41. The maximum atomic E-state index is 10.0. The molecule has 2 heteroatoms. The van der Waals surface area contributed by atoms with Gasteiger partial charge in [0.25, 0.3) is 0 Å². The minimum absolute atomic E-state index is 0.405. The number of benzene rings is 1. The molecule has 1 aromatic carbocycles. The van der Waals surface area contributed by atoms with Gasteiger partial charge in [-0.3, -0.25) is 0 Å². The van der Waals surface area contributed by atoms with Gasteiger partial charge in [-0.1, -0.05) is 37.6 Å². The molecule has 0 amide bonds. The van der Waals surface area contributed by atoms with Gasteiger partial charge in [-0.05, 0) is 36.3 Å². The van der Waals surface area contributed by atoms with Crippen molar-refractivity contribution < 1.29 is 9.84 Å². The van der Waals surface area contributed by atoms with E-state index in [1.807, 2.05) is 12.1 Å². The Balaban J connectivity index is 1.94. The van der Waals surface area contributed by atoms with E-state index in [0.717, 1.165) is 24.5 Å². The Labute approximate surface area is 104 Å². The number of hydrogen-bond acceptors (Lipinski definition) is 2. The first-order chi connectivity index (χ1) is 8.31. The molecular weight excluding hydrogens is 212 g/mol. The lowest BCUT2D eigenvalue weighted by Gasteiger charge is -2.26. The highest BCUT2D eigenvalue weighted by molar-refractivity contribution is 5.29. The predicted molar refractivity (Wildman–Crippen MR) is 69.1 cm³/mol. The Hall–Kier alpha value is -0.860. The van der Waals surface area contributed by atoms with Crippen LogP contribution < -0.4 is 0 Å². The molecule has 94 valence electrons. The zero-order valence-corrected chi connectivity index (χ0v) is 10.6. The molecule has 0 saturated heterocycles. The van der Waals surface area contributed by atoms with Crippen LogP contribution in [0, 0.1) is 0 Å². The van der Waals surface area contributed by atoms with Crippen molar-refractivity contribution in [1.29, 1.82) is 0 Å². The lowest BCUT2D eigenvalue weighted by molar-refractivity contribution is 0.0363. The van der Waals surface area contributed by atoms with Crippen molar-refractivity contribution in [2.45, 2.75) is 44.6 Å². The molecule has 0 heterocycles. The summed E-state index contributed by atoms with van der Waals surface area (Å²) in [6.07, 6.45) is 4.45. The summed E-state index contributed by atoms with van der Waals surface area (Å²) < 4.78 is 5.39. The molecule has 1 N–H and O–H groups in total. The van der Waals surface area contributed by atoms with Gasteiger partial charge in [0.1, 0.15) is 6.10 Å². The second-order valence-corrected chi connectivity index (χ2v) is 4.89. The first kappa shape index (κ1) is 12.6. The number of hydrogen-bond donors (Lipinski definition) is 1. The molecule has 0 aromatic heterocycles. The van der Waals surface area contributed by atoms with Crippen LogP contribution in [0.3, 0.4) is 0 Å². The van der Waals surface area contributed by atoms with Crippen LogP contribution in [-0.2, 0) is 4.74 Å². The van der Waals surface area contributed by atoms with Crippen molar-refractivity contribution in [2.75, 3.05) is 13.2 Å². The lowest BCUT2D eigenvalue weighted by atomic mass is 9.79. The van der Waals surface area contributed by atoms with Crippen LogP contribution in [-0.4, -0.2) is 18.3 Å². The summed E-state index contributed by atoms with van der Waals surface area (Å²) in [4.78, 5) is 0. The summed E-state index contributed by atoms with van der Waals surface area (Å²) >= 11 is 0. The van der Waals surface area contributed by atoms with Gasteiger partial charge in [0.2, 0.25) is 0 Å². The van der Waals surface area contributed by atoms with Gasteiger partial charge in [-0.2, -0.15) is 0 Å². The third kappa shape index (κ3) is 3.30. The summed E-state index contributed by atoms with van der Waals surface area (Å²) in [6.45, 7) is 3.20. The van der Waals surface area contributed by atoms with Gasteiger partial charge < -0.3 is 9.84 Å². The standard InChI is InChI=1S/C15H22O2/c1-2-9-17-11-15(16)14-8-4-7-13(10-14)12-5-3-6-12/h4,7-8,10,12,15-16H,2-3,5-6,9,11H2,1H3. The third-order valence-electron chi connectivity index (χ3n) is 3.50. The van der Waals surface area contributed by atoms with Crippen LogP contribution >= 0.6 is 0 Å². The number of aliphatic hydroxyl groups excluding tert-OH is 1. The molecule has 0 aliphatic heterocycles. The highest BCUT2D eigenvalue weighted by atomic mass is 16.5. The molecule has 0 bridgehead atoms. The SMILES string of the molecule is CCCOCC(O)c1cccc(C2CCC2)c1. The number of rotatable bonds is 6. The second kappa shape index (κ2) is 6.18. The summed E-state index contributed by atoms with van der Waals surface area (Å²) in [5.41, 5.74) is 2.37. The van der Waals surface area contributed by atoms with Crippen LogP contribution in [0.4, 0.5) is 0 Å². The molecule has 0 spiro atoms. The summed E-state index contributed by atoms with van der Waals surface area (Å²) in [6, 6.07) is 8.35. The van der Waals surface area contributed by atoms with E-state index in [1.165, 1.54) is 24.8 Å². The highest BCUT2D eigenvalue weighted by Gasteiger charge is 2.20. The van der Waals surface area contributed by atoms with Crippen molar-refractivity contribution >= 4 is 0 Å². The average molecular weight is 234 g/mol. The van der Waals surface area contributed by atoms with Crippen LogP contribution in [0.1, 0.15) is 55.8 Å². The molecule has 2 rings (SSSR count). The molecular formula is C15H22O2. The Morgan fingerprint density at radius 1 is 1.41 bits per heavy atom. The van der Waals surface area contributed by atoms with Crippen LogP contribution in [0.15, 0.2) is 24.3 Å². The smallest absolute Gasteiger partial charge is 0.102 e. The average Bonchev–Trinajstić information content (AvgIpc) is 2.27. The highest BCUT2D eigenvalue weighted by Crippen LogP contribution is 2.36. The largest absolute Gasteiger partial charge is 0.386 e. The quantitative estimate of drug-likeness (QED) is 0.764. The van der Waals surface area contributed by atoms with Gasteiger partial charge in [-0.25, -0.2) is 0 Å². The third-order valence-corrected chi connectivity index (χ3v) is 3.50. The van der Waals surface area contributed by atoms with E-state index in [-0.39, 0.29) is 0 Å². The molecule has 17 heavy (non-hydrogen) atoms. The van der Waals surface area contributed by atoms with Gasteiger partial charge in [-0.15, -0.1) is 0 Å². The van der Waals surface area contributed by atoms with Crippen molar-refractivity contribution in [3.63, 3.8) is 0 Å². The van der Waals surface area contributed by atoms with Crippen molar-refractivity contribution in [2.24, 2.45) is 0 Å². The molecule has 1 unspecified atom stereocenters. The Morgan fingerprint density at radius 2 is 2.24 bits per heavy atom. The van der Waals surface area contributed by atoms with E-state index in [4.69, 9.17) is 4.74 Å². The summed E-state index contributed by atoms with van der Waals surface area (Å²) in [5, 5.41) is 10.0. The molecule has 1 atom stereocenters. The number of aliphatic hydroxyl groups is 1. The van der Waals surface area contributed by atoms with Gasteiger partial charge >= 0.3 is 0 Å². The topological polar surface area (TPSA) is 29.5 Å². The van der Waals surface area contributed by atoms with Crippen molar-refractivity contribution in [3.8, 4) is 0 Å². The zero-order chi connectivity index (χ0) is 12.1. The first-order valence-electron chi connectivity index (χ1n) is 6.67. The molecule has 1 aliphatic carbocycles. The molecule has 0 radical (unpaired) electrons. The zero-order valence-electron chi connectivity index (χ0n) is 10.6. The molecule has 1 fully saturated rings. The Bertz CT molecular complexity index is 345. The lowest BCUT2D eigenvalue weighted by Crippen LogP contribution is -2.11. The normalized spacial score (nSPS) is 17.8. The Kier molecular flexibility index (Phi) is 4.57. The summed E-state index contributed by atoms with van der Waals surface area (Å²) in [5.74, 6) is 0.721. The van der Waals surface area contributed by atoms with Gasteiger partial charge in [0.15, 0.2) is 0 Å². The molecule has 2 nitrogen and oxygen atoms in total. The van der Waals surface area contributed by atoms with Crippen molar-refractivity contribution in [3.05, 3.63) is 35.4 Å². The van der Waals surface area contributed by atoms with E-state index in [1.54, 1.807) is 0 Å². The fraction of sp³-hybridized carbons (Fsp3) is 0.600. The molecule has 1 aliphatic rings. The Morgan fingerprint density at radius 3 is 2.88 bits per heavy atom. The molecule has 1 aromatic rings. The van der Waals surface area contributed by atoms with Crippen LogP contribution in [0.25, 0.3) is 0 Å². The van der Waals surface area contributed by atoms with Crippen LogP contribution in [0.2, 0.25) is 0 Å². The van der Waals surface area contributed by atoms with E-state index in [9.17, 15) is 5.11 Å². The fourth-order valence-electron chi connectivity index (χ4n) is 2.20. The maximum absolute atomic E-state index is 10.0. The fourth-order valence-corrected chi connectivity index (χ4v) is 2.20. The summed E-state index contributed by atoms with van der Waals surface area (Å²) in [7, 11) is 0. The van der Waals surface area contributed by atoms with Crippen LogP contribution in [0.5, 0.6) is 0 Å². The maximum Gasteiger partial charge on any atom is 0.102 e. The second-order valence-electron chi connectivity index (χ2n) is 4.89. The molecule has 1 saturated carbocycles. The minimum Gasteiger partial charge on any atom is -0.386 e. The number of ether oxygens (including phenoxy) is 1. The van der Waals surface area contributed by atoms with E-state index < -0.39 is 6.10 Å². The van der Waals surface area contributed by atoms with Crippen molar-refractivity contribution in [1.82, 2.24) is 0 Å². The minimum atomic E-state index is -0.485. The monoisotopic (exact) mass is 234 g/mol. The van der Waals surface area contributed by atoms with E-state index in [2.05, 4.69) is 19.1 Å². The van der Waals surface area contributed by atoms with Gasteiger partial charge in [0, 0.05) is 6.61 Å². The van der Waals surface area contributed by atoms with Gasteiger partial charge in [0.05, 0.1) is 6.61 Å². The van der Waals surface area contributed by atoms with E-state index in [0.29, 0.717) is 6.61 Å². The first-order valence-corrected chi connectivity index (χ1v) is 6.67. The van der Waals surface area contributed by atoms with E-state index >= 15 is 0 Å².